The van der Waals surface area contributed by atoms with E-state index in [0.29, 0.717) is 22.7 Å². The molecule has 21 heavy (non-hydrogen) atoms. The lowest BCUT2D eigenvalue weighted by Gasteiger charge is -2.10. The smallest absolute Gasteiger partial charge is 0.241 e. The van der Waals surface area contributed by atoms with Crippen LogP contribution in [0.5, 0.6) is 0 Å². The van der Waals surface area contributed by atoms with Crippen LogP contribution in [0.4, 0.5) is 5.69 Å². The molecule has 0 saturated heterocycles. The average molecular weight is 288 g/mol. The Morgan fingerprint density at radius 2 is 2.19 bits per heavy atom. The van der Waals surface area contributed by atoms with Crippen LogP contribution in [0.2, 0.25) is 0 Å². The molecule has 3 rings (SSSR count). The van der Waals surface area contributed by atoms with Crippen molar-refractivity contribution in [3.05, 3.63) is 24.1 Å². The third-order valence-electron chi connectivity index (χ3n) is 3.36. The van der Waals surface area contributed by atoms with Crippen molar-refractivity contribution in [3.63, 3.8) is 0 Å². The highest BCUT2D eigenvalue weighted by Crippen LogP contribution is 2.40. The number of anilines is 1. The SMILES string of the molecule is NC(=O)CC(N)C(=O)Nc1ccc2oc(C3CC3)nc2c1. The second-order valence-electron chi connectivity index (χ2n) is 5.28. The van der Waals surface area contributed by atoms with Crippen LogP contribution in [0.3, 0.4) is 0 Å². The van der Waals surface area contributed by atoms with Crippen molar-refractivity contribution in [2.24, 2.45) is 11.5 Å². The van der Waals surface area contributed by atoms with Gasteiger partial charge in [0.15, 0.2) is 11.5 Å². The number of hydrogen-bond donors (Lipinski definition) is 3. The molecular weight excluding hydrogens is 272 g/mol. The van der Waals surface area contributed by atoms with Crippen LogP contribution in [-0.4, -0.2) is 22.8 Å². The maximum absolute atomic E-state index is 11.8. The van der Waals surface area contributed by atoms with Gasteiger partial charge < -0.3 is 21.2 Å². The Morgan fingerprint density at radius 3 is 2.86 bits per heavy atom. The lowest BCUT2D eigenvalue weighted by atomic mass is 10.2. The standard InChI is InChI=1S/C14H16N4O3/c15-9(6-12(16)19)13(20)17-8-3-4-11-10(5-8)18-14(21-11)7-1-2-7/h3-5,7,9H,1-2,6,15H2,(H2,16,19)(H,17,20). The molecular formula is C14H16N4O3. The van der Waals surface area contributed by atoms with E-state index >= 15 is 0 Å². The van der Waals surface area contributed by atoms with E-state index in [4.69, 9.17) is 15.9 Å². The Bertz CT molecular complexity index is 705. The van der Waals surface area contributed by atoms with Gasteiger partial charge in [-0.05, 0) is 31.0 Å². The van der Waals surface area contributed by atoms with E-state index in [1.54, 1.807) is 18.2 Å². The van der Waals surface area contributed by atoms with Crippen molar-refractivity contribution in [2.75, 3.05) is 5.32 Å². The fourth-order valence-electron chi connectivity index (χ4n) is 2.07. The summed E-state index contributed by atoms with van der Waals surface area (Å²) in [5.41, 5.74) is 12.5. The molecule has 2 aromatic rings. The number of rotatable bonds is 5. The van der Waals surface area contributed by atoms with E-state index in [1.807, 2.05) is 0 Å². The van der Waals surface area contributed by atoms with Crippen LogP contribution < -0.4 is 16.8 Å². The minimum atomic E-state index is -0.961. The molecule has 0 aliphatic heterocycles. The minimum Gasteiger partial charge on any atom is -0.440 e. The van der Waals surface area contributed by atoms with Crippen molar-refractivity contribution < 1.29 is 14.0 Å². The molecule has 5 N–H and O–H groups in total. The molecule has 110 valence electrons. The zero-order valence-corrected chi connectivity index (χ0v) is 11.3. The molecule has 1 aromatic heterocycles. The van der Waals surface area contributed by atoms with Crippen molar-refractivity contribution in [1.82, 2.24) is 4.98 Å². The van der Waals surface area contributed by atoms with Crippen molar-refractivity contribution in [1.29, 1.82) is 0 Å². The van der Waals surface area contributed by atoms with Crippen LogP contribution >= 0.6 is 0 Å². The maximum Gasteiger partial charge on any atom is 0.241 e. The molecule has 1 saturated carbocycles. The van der Waals surface area contributed by atoms with Crippen molar-refractivity contribution in [2.45, 2.75) is 31.2 Å². The highest BCUT2D eigenvalue weighted by molar-refractivity contribution is 5.98. The number of amides is 2. The molecule has 1 aliphatic carbocycles. The van der Waals surface area contributed by atoms with E-state index < -0.39 is 17.9 Å². The van der Waals surface area contributed by atoms with Gasteiger partial charge >= 0.3 is 0 Å². The molecule has 1 unspecified atom stereocenters. The number of fused-ring (bicyclic) bond motifs is 1. The number of carbonyl (C=O) groups excluding carboxylic acids is 2. The second-order valence-corrected chi connectivity index (χ2v) is 5.28. The molecule has 2 amide bonds. The zero-order valence-electron chi connectivity index (χ0n) is 11.3. The van der Waals surface area contributed by atoms with Gasteiger partial charge in [-0.3, -0.25) is 9.59 Å². The summed E-state index contributed by atoms with van der Waals surface area (Å²) in [5.74, 6) is 0.107. The van der Waals surface area contributed by atoms with Gasteiger partial charge in [-0.2, -0.15) is 0 Å². The quantitative estimate of drug-likeness (QED) is 0.752. The fourth-order valence-corrected chi connectivity index (χ4v) is 2.07. The number of nitrogens with one attached hydrogen (secondary N) is 1. The Kier molecular flexibility index (Phi) is 3.34. The number of nitrogens with zero attached hydrogens (tertiary/aromatic N) is 1. The molecule has 1 aromatic carbocycles. The number of oxazole rings is 1. The first kappa shape index (κ1) is 13.6. The van der Waals surface area contributed by atoms with Gasteiger partial charge in [0.05, 0.1) is 12.5 Å². The number of primary amides is 1. The van der Waals surface area contributed by atoms with Gasteiger partial charge in [-0.1, -0.05) is 0 Å². The molecule has 1 heterocycles. The van der Waals surface area contributed by atoms with Crippen LogP contribution in [0.15, 0.2) is 22.6 Å². The molecule has 1 atom stereocenters. The lowest BCUT2D eigenvalue weighted by molar-refractivity contribution is -0.123. The van der Waals surface area contributed by atoms with Crippen LogP contribution in [0.25, 0.3) is 11.1 Å². The maximum atomic E-state index is 11.8. The number of hydrogen-bond acceptors (Lipinski definition) is 5. The molecule has 0 bridgehead atoms. The highest BCUT2D eigenvalue weighted by atomic mass is 16.3. The minimum absolute atomic E-state index is 0.191. The monoisotopic (exact) mass is 288 g/mol. The predicted octanol–water partition coefficient (Wildman–Crippen LogP) is 0.846. The Hall–Kier alpha value is -2.41. The second kappa shape index (κ2) is 5.17. The molecule has 1 fully saturated rings. The van der Waals surface area contributed by atoms with E-state index in [2.05, 4.69) is 10.3 Å². The summed E-state index contributed by atoms with van der Waals surface area (Å²) in [6.07, 6.45) is 2.03. The molecule has 7 nitrogen and oxygen atoms in total. The van der Waals surface area contributed by atoms with Gasteiger partial charge in [0.1, 0.15) is 5.52 Å². The van der Waals surface area contributed by atoms with E-state index in [1.165, 1.54) is 0 Å². The van der Waals surface area contributed by atoms with E-state index in [0.717, 1.165) is 18.7 Å². The zero-order chi connectivity index (χ0) is 15.0. The predicted molar refractivity (Wildman–Crippen MR) is 76.4 cm³/mol. The first-order valence-electron chi connectivity index (χ1n) is 6.78. The van der Waals surface area contributed by atoms with Crippen LogP contribution in [0, 0.1) is 0 Å². The normalized spacial score (nSPS) is 15.9. The third-order valence-corrected chi connectivity index (χ3v) is 3.36. The summed E-state index contributed by atoms with van der Waals surface area (Å²) in [6.45, 7) is 0. The first-order valence-corrected chi connectivity index (χ1v) is 6.78. The number of benzene rings is 1. The van der Waals surface area contributed by atoms with Crippen LogP contribution in [0.1, 0.15) is 31.1 Å². The Morgan fingerprint density at radius 1 is 1.43 bits per heavy atom. The third kappa shape index (κ3) is 3.03. The van der Waals surface area contributed by atoms with Crippen LogP contribution in [-0.2, 0) is 9.59 Å². The Labute approximate surface area is 120 Å². The molecule has 0 spiro atoms. The van der Waals surface area contributed by atoms with E-state index in [-0.39, 0.29) is 6.42 Å². The topological polar surface area (TPSA) is 124 Å². The summed E-state index contributed by atoms with van der Waals surface area (Å²) < 4.78 is 5.64. The van der Waals surface area contributed by atoms with Gasteiger partial charge in [0, 0.05) is 11.6 Å². The summed E-state index contributed by atoms with van der Waals surface area (Å²) in [6, 6.07) is 4.22. The summed E-state index contributed by atoms with van der Waals surface area (Å²) in [4.78, 5) is 27.0. The van der Waals surface area contributed by atoms with E-state index in [9.17, 15) is 9.59 Å². The summed E-state index contributed by atoms with van der Waals surface area (Å²) in [7, 11) is 0. The van der Waals surface area contributed by atoms with Gasteiger partial charge in [-0.25, -0.2) is 4.98 Å². The highest BCUT2D eigenvalue weighted by Gasteiger charge is 2.29. The molecule has 7 heteroatoms. The summed E-state index contributed by atoms with van der Waals surface area (Å²) in [5, 5.41) is 2.64. The number of nitrogens with two attached hydrogens (primary N) is 2. The fraction of sp³-hybridized carbons (Fsp3) is 0.357. The van der Waals surface area contributed by atoms with Crippen molar-refractivity contribution >= 4 is 28.6 Å². The van der Waals surface area contributed by atoms with Crippen molar-refractivity contribution in [3.8, 4) is 0 Å². The number of aromatic nitrogens is 1. The average Bonchev–Trinajstić information content (AvgIpc) is 3.18. The lowest BCUT2D eigenvalue weighted by Crippen LogP contribution is -2.38. The summed E-state index contributed by atoms with van der Waals surface area (Å²) >= 11 is 0. The largest absolute Gasteiger partial charge is 0.440 e. The van der Waals surface area contributed by atoms with Gasteiger partial charge in [0.2, 0.25) is 11.8 Å². The van der Waals surface area contributed by atoms with Gasteiger partial charge in [-0.15, -0.1) is 0 Å². The Balaban J connectivity index is 1.74. The molecule has 0 radical (unpaired) electrons. The first-order chi connectivity index (χ1) is 10.0. The molecule has 1 aliphatic rings. The van der Waals surface area contributed by atoms with Gasteiger partial charge in [0.25, 0.3) is 0 Å². The number of carbonyl (C=O) groups is 2.